The zero-order valence-corrected chi connectivity index (χ0v) is 15.9. The van der Waals surface area contributed by atoms with E-state index >= 15 is 0 Å². The number of anilines is 1. The molecule has 0 radical (unpaired) electrons. The van der Waals surface area contributed by atoms with Crippen molar-refractivity contribution in [2.24, 2.45) is 4.99 Å². The summed E-state index contributed by atoms with van der Waals surface area (Å²) in [5, 5.41) is 2.91. The Morgan fingerprint density at radius 3 is 2.35 bits per heavy atom. The average molecular weight is 390 g/mol. The summed E-state index contributed by atoms with van der Waals surface area (Å²) >= 11 is 12.2. The maximum Gasteiger partial charge on any atom is 0.265 e. The number of aliphatic imine (C=N–C) groups is 1. The van der Waals surface area contributed by atoms with Crippen LogP contribution in [0.2, 0.25) is 0 Å². The number of hydrazine groups is 1. The molecule has 0 N–H and O–H groups in total. The second-order valence-corrected chi connectivity index (χ2v) is 6.89. The summed E-state index contributed by atoms with van der Waals surface area (Å²) in [7, 11) is 0. The van der Waals surface area contributed by atoms with Gasteiger partial charge in [-0.3, -0.25) is 9.79 Å². The van der Waals surface area contributed by atoms with E-state index in [-0.39, 0.29) is 5.91 Å². The molecule has 1 saturated heterocycles. The van der Waals surface area contributed by atoms with Gasteiger partial charge in [0.2, 0.25) is 0 Å². The van der Waals surface area contributed by atoms with E-state index in [1.54, 1.807) is 5.01 Å². The zero-order chi connectivity index (χ0) is 18.4. The molecule has 0 spiro atoms. The molecule has 1 unspecified atom stereocenters. The van der Waals surface area contributed by atoms with Crippen molar-refractivity contribution in [1.82, 2.24) is 5.01 Å². The first-order valence-corrected chi connectivity index (χ1v) is 9.59. The first-order chi connectivity index (χ1) is 12.7. The number of carbonyl (C=O) groups excluding carboxylic acids is 1. The minimum Gasteiger partial charge on any atom is -0.291 e. The van der Waals surface area contributed by atoms with Gasteiger partial charge in [0.05, 0.1) is 17.9 Å². The largest absolute Gasteiger partial charge is 0.291 e. The van der Waals surface area contributed by atoms with Crippen LogP contribution in [0.5, 0.6) is 0 Å². The highest BCUT2D eigenvalue weighted by molar-refractivity contribution is 6.45. The summed E-state index contributed by atoms with van der Waals surface area (Å²) in [6.45, 7) is 1.69. The summed E-state index contributed by atoms with van der Waals surface area (Å²) in [4.78, 5) is 17.6. The topological polar surface area (TPSA) is 35.9 Å². The molecule has 0 saturated carbocycles. The molecule has 6 heteroatoms. The predicted molar refractivity (Wildman–Crippen MR) is 108 cm³/mol. The number of nitrogens with zero attached hydrogens (tertiary/aromatic N) is 3. The fraction of sp³-hybridized carbons (Fsp3) is 0.300. The highest BCUT2D eigenvalue weighted by Crippen LogP contribution is 2.25. The van der Waals surface area contributed by atoms with E-state index in [9.17, 15) is 4.79 Å². The number of carbonyl (C=O) groups is 1. The fourth-order valence-electron chi connectivity index (χ4n) is 2.92. The van der Waals surface area contributed by atoms with Crippen molar-refractivity contribution < 1.29 is 4.79 Å². The molecule has 1 heterocycles. The lowest BCUT2D eigenvalue weighted by molar-refractivity contribution is -0.121. The molecule has 1 aliphatic rings. The van der Waals surface area contributed by atoms with E-state index in [0.29, 0.717) is 31.2 Å². The van der Waals surface area contributed by atoms with Crippen LogP contribution >= 0.6 is 23.2 Å². The second kappa shape index (κ2) is 9.17. The molecule has 2 aromatic rings. The third kappa shape index (κ3) is 4.44. The third-order valence-electron chi connectivity index (χ3n) is 4.16. The molecule has 136 valence electrons. The second-order valence-electron chi connectivity index (χ2n) is 6.07. The van der Waals surface area contributed by atoms with Crippen LogP contribution in [0.3, 0.4) is 0 Å². The number of benzene rings is 2. The highest BCUT2D eigenvalue weighted by atomic mass is 35.5. The van der Waals surface area contributed by atoms with E-state index in [0.717, 1.165) is 17.7 Å². The number of hydrogen-bond donors (Lipinski definition) is 0. The van der Waals surface area contributed by atoms with E-state index in [1.807, 2.05) is 65.7 Å². The normalized spacial score (nSPS) is 19.9. The van der Waals surface area contributed by atoms with Crippen LogP contribution in [-0.4, -0.2) is 41.0 Å². The van der Waals surface area contributed by atoms with Gasteiger partial charge in [0, 0.05) is 19.0 Å². The molecule has 26 heavy (non-hydrogen) atoms. The lowest BCUT2D eigenvalue weighted by atomic mass is 10.1. The van der Waals surface area contributed by atoms with Crippen molar-refractivity contribution in [3.63, 3.8) is 0 Å². The molecule has 0 aliphatic carbocycles. The van der Waals surface area contributed by atoms with Crippen LogP contribution in [0.15, 0.2) is 65.7 Å². The molecule has 1 fully saturated rings. The molecule has 1 aliphatic heterocycles. The molecule has 1 amide bonds. The Hall–Kier alpha value is -1.88. The van der Waals surface area contributed by atoms with Crippen molar-refractivity contribution in [1.29, 1.82) is 0 Å². The number of rotatable bonds is 6. The lowest BCUT2D eigenvalue weighted by Crippen LogP contribution is -2.59. The molecule has 4 nitrogen and oxygen atoms in total. The highest BCUT2D eigenvalue weighted by Gasteiger charge is 2.38. The van der Waals surface area contributed by atoms with Crippen molar-refractivity contribution in [2.45, 2.75) is 18.3 Å². The molecule has 1 atom stereocenters. The SMILES string of the molecule is O=C1C(Cl)C(=NCCCCl)CN(Cc2ccccc2)N1c1ccccc1. The summed E-state index contributed by atoms with van der Waals surface area (Å²) in [6, 6.07) is 19.6. The number of alkyl halides is 2. The lowest BCUT2D eigenvalue weighted by Gasteiger charge is -2.40. The van der Waals surface area contributed by atoms with Gasteiger partial charge < -0.3 is 0 Å². The molecule has 0 aromatic heterocycles. The Labute approximate surface area is 164 Å². The summed E-state index contributed by atoms with van der Waals surface area (Å²) in [5.74, 6) is 0.367. The molecule has 2 aromatic carbocycles. The van der Waals surface area contributed by atoms with Gasteiger partial charge in [-0.1, -0.05) is 48.5 Å². The molecular weight excluding hydrogens is 369 g/mol. The Kier molecular flexibility index (Phi) is 6.67. The smallest absolute Gasteiger partial charge is 0.265 e. The van der Waals surface area contributed by atoms with Gasteiger partial charge >= 0.3 is 0 Å². The van der Waals surface area contributed by atoms with E-state index in [2.05, 4.69) is 4.99 Å². The summed E-state index contributed by atoms with van der Waals surface area (Å²) in [5.41, 5.74) is 2.62. The van der Waals surface area contributed by atoms with Crippen molar-refractivity contribution in [3.8, 4) is 0 Å². The van der Waals surface area contributed by atoms with Gasteiger partial charge in [0.25, 0.3) is 5.91 Å². The van der Waals surface area contributed by atoms with Crippen LogP contribution in [0.1, 0.15) is 12.0 Å². The van der Waals surface area contributed by atoms with Gasteiger partial charge in [-0.25, -0.2) is 10.0 Å². The van der Waals surface area contributed by atoms with Crippen LogP contribution in [-0.2, 0) is 11.3 Å². The monoisotopic (exact) mass is 389 g/mol. The standard InChI is InChI=1S/C20H21Cl2N3O/c21-12-7-13-23-18-15-24(14-16-8-3-1-4-9-16)25(20(26)19(18)22)17-10-5-2-6-11-17/h1-6,8-11,19H,7,12-15H2. The van der Waals surface area contributed by atoms with E-state index in [4.69, 9.17) is 23.2 Å². The van der Waals surface area contributed by atoms with E-state index in [1.165, 1.54) is 0 Å². The third-order valence-corrected chi connectivity index (χ3v) is 4.87. The Morgan fingerprint density at radius 1 is 1.04 bits per heavy atom. The van der Waals surface area contributed by atoms with Gasteiger partial charge in [-0.2, -0.15) is 0 Å². The van der Waals surface area contributed by atoms with Gasteiger partial charge in [0.1, 0.15) is 0 Å². The quantitative estimate of drug-likeness (QED) is 0.549. The Bertz CT molecular complexity index is 752. The van der Waals surface area contributed by atoms with Gasteiger partial charge in [0.15, 0.2) is 5.38 Å². The molecule has 0 bridgehead atoms. The van der Waals surface area contributed by atoms with Crippen molar-refractivity contribution in [2.75, 3.05) is 24.0 Å². The first kappa shape index (κ1) is 18.9. The van der Waals surface area contributed by atoms with Crippen LogP contribution in [0.25, 0.3) is 0 Å². The number of halogens is 2. The summed E-state index contributed by atoms with van der Waals surface area (Å²) < 4.78 is 0. The maximum atomic E-state index is 13.0. The maximum absolute atomic E-state index is 13.0. The van der Waals surface area contributed by atoms with Crippen LogP contribution in [0.4, 0.5) is 5.69 Å². The number of amides is 1. The zero-order valence-electron chi connectivity index (χ0n) is 14.4. The van der Waals surface area contributed by atoms with Crippen molar-refractivity contribution >= 4 is 40.5 Å². The van der Waals surface area contributed by atoms with Gasteiger partial charge in [-0.15, -0.1) is 23.2 Å². The minimum absolute atomic E-state index is 0.176. The number of hydrogen-bond acceptors (Lipinski definition) is 3. The fourth-order valence-corrected chi connectivity index (χ4v) is 3.27. The summed E-state index contributed by atoms with van der Waals surface area (Å²) in [6.07, 6.45) is 0.768. The van der Waals surface area contributed by atoms with Crippen LogP contribution in [0, 0.1) is 0 Å². The Balaban J connectivity index is 1.90. The molecular formula is C20H21Cl2N3O. The minimum atomic E-state index is -0.752. The number of para-hydroxylation sites is 1. The van der Waals surface area contributed by atoms with Crippen molar-refractivity contribution in [3.05, 3.63) is 66.2 Å². The average Bonchev–Trinajstić information content (AvgIpc) is 2.67. The Morgan fingerprint density at radius 2 is 1.69 bits per heavy atom. The molecule has 3 rings (SSSR count). The van der Waals surface area contributed by atoms with Crippen LogP contribution < -0.4 is 5.01 Å². The first-order valence-electron chi connectivity index (χ1n) is 8.61. The predicted octanol–water partition coefficient (Wildman–Crippen LogP) is 4.13. The van der Waals surface area contributed by atoms with E-state index < -0.39 is 5.38 Å². The van der Waals surface area contributed by atoms with Gasteiger partial charge in [-0.05, 0) is 24.1 Å².